The molecule has 0 saturated heterocycles. The molecule has 5 heteroatoms. The summed E-state index contributed by atoms with van der Waals surface area (Å²) >= 11 is 0. The highest BCUT2D eigenvalue weighted by molar-refractivity contribution is 5.27. The number of hydrogen-bond acceptors (Lipinski definition) is 3. The molecule has 0 amide bonds. The van der Waals surface area contributed by atoms with Crippen molar-refractivity contribution in [1.82, 2.24) is 9.55 Å². The molecular weight excluding hydrogens is 170 g/mol. The van der Waals surface area contributed by atoms with E-state index in [0.29, 0.717) is 5.92 Å². The van der Waals surface area contributed by atoms with Crippen molar-refractivity contribution in [3.05, 3.63) is 22.1 Å². The zero-order chi connectivity index (χ0) is 9.42. The smallest absolute Gasteiger partial charge is 0.358 e. The lowest BCUT2D eigenvalue weighted by Gasteiger charge is -1.98. The largest absolute Gasteiger partial charge is 0.384 e. The van der Waals surface area contributed by atoms with Gasteiger partial charge in [0.25, 0.3) is 0 Å². The molecule has 0 N–H and O–H groups in total. The first-order valence-electron chi connectivity index (χ1n) is 4.33. The maximum absolute atomic E-state index is 10.6. The third-order valence-corrected chi connectivity index (χ3v) is 2.39. The SMILES string of the molecule is Cn1cnc([N+](=O)[O-])c1CC1CC1. The summed E-state index contributed by atoms with van der Waals surface area (Å²) < 4.78 is 1.75. The maximum Gasteiger partial charge on any atom is 0.384 e. The van der Waals surface area contributed by atoms with Gasteiger partial charge in [-0.05, 0) is 35.1 Å². The quantitative estimate of drug-likeness (QED) is 0.521. The fraction of sp³-hybridized carbons (Fsp3) is 0.625. The Morgan fingerprint density at radius 1 is 1.77 bits per heavy atom. The number of aromatic nitrogens is 2. The van der Waals surface area contributed by atoms with Crippen molar-refractivity contribution in [2.24, 2.45) is 13.0 Å². The standard InChI is InChI=1S/C8H11N3O2/c1-10-5-9-8(11(12)13)7(10)4-6-2-3-6/h5-6H,2-4H2,1H3. The van der Waals surface area contributed by atoms with Crippen LogP contribution in [-0.4, -0.2) is 14.5 Å². The van der Waals surface area contributed by atoms with Crippen LogP contribution in [0.2, 0.25) is 0 Å². The predicted molar refractivity (Wildman–Crippen MR) is 46.3 cm³/mol. The van der Waals surface area contributed by atoms with Gasteiger partial charge < -0.3 is 14.7 Å². The minimum atomic E-state index is -0.405. The molecule has 1 saturated carbocycles. The van der Waals surface area contributed by atoms with E-state index in [1.54, 1.807) is 11.6 Å². The molecular formula is C8H11N3O2. The van der Waals surface area contributed by atoms with Gasteiger partial charge >= 0.3 is 5.82 Å². The van der Waals surface area contributed by atoms with E-state index >= 15 is 0 Å². The lowest BCUT2D eigenvalue weighted by atomic mass is 10.2. The fourth-order valence-corrected chi connectivity index (χ4v) is 1.43. The van der Waals surface area contributed by atoms with Crippen LogP contribution in [0.4, 0.5) is 5.82 Å². The lowest BCUT2D eigenvalue weighted by molar-refractivity contribution is -0.390. The van der Waals surface area contributed by atoms with Gasteiger partial charge in [-0.25, -0.2) is 0 Å². The van der Waals surface area contributed by atoms with Crippen molar-refractivity contribution in [3.63, 3.8) is 0 Å². The molecule has 0 aliphatic heterocycles. The monoisotopic (exact) mass is 181 g/mol. The fourth-order valence-electron chi connectivity index (χ4n) is 1.43. The van der Waals surface area contributed by atoms with Crippen LogP contribution in [0.3, 0.4) is 0 Å². The summed E-state index contributed by atoms with van der Waals surface area (Å²) in [5.74, 6) is 0.670. The molecule has 70 valence electrons. The van der Waals surface area contributed by atoms with E-state index in [0.717, 1.165) is 12.1 Å². The molecule has 0 atom stereocenters. The first-order valence-corrected chi connectivity index (χ1v) is 4.33. The Morgan fingerprint density at radius 3 is 3.00 bits per heavy atom. The second-order valence-electron chi connectivity index (χ2n) is 3.53. The molecule has 0 bridgehead atoms. The van der Waals surface area contributed by atoms with Crippen molar-refractivity contribution in [2.75, 3.05) is 0 Å². The van der Waals surface area contributed by atoms with Crippen molar-refractivity contribution >= 4 is 5.82 Å². The van der Waals surface area contributed by atoms with Gasteiger partial charge in [-0.3, -0.25) is 0 Å². The van der Waals surface area contributed by atoms with Gasteiger partial charge in [0.05, 0.1) is 0 Å². The second-order valence-corrected chi connectivity index (χ2v) is 3.53. The molecule has 2 rings (SSSR count). The lowest BCUT2D eigenvalue weighted by Crippen LogP contribution is -2.00. The molecule has 1 fully saturated rings. The van der Waals surface area contributed by atoms with E-state index in [9.17, 15) is 10.1 Å². The third kappa shape index (κ3) is 1.54. The topological polar surface area (TPSA) is 61.0 Å². The highest BCUT2D eigenvalue weighted by Gasteiger charge is 2.28. The summed E-state index contributed by atoms with van der Waals surface area (Å²) in [7, 11) is 1.80. The van der Waals surface area contributed by atoms with Crippen molar-refractivity contribution < 1.29 is 4.92 Å². The van der Waals surface area contributed by atoms with Gasteiger partial charge in [0.2, 0.25) is 6.33 Å². The summed E-state index contributed by atoms with van der Waals surface area (Å²) in [5.41, 5.74) is 0.757. The van der Waals surface area contributed by atoms with Gasteiger partial charge in [-0.15, -0.1) is 0 Å². The normalized spacial score (nSPS) is 16.1. The molecule has 1 aromatic rings. The summed E-state index contributed by atoms with van der Waals surface area (Å²) in [6, 6.07) is 0. The van der Waals surface area contributed by atoms with Crippen molar-refractivity contribution in [3.8, 4) is 0 Å². The van der Waals surface area contributed by atoms with E-state index in [4.69, 9.17) is 0 Å². The molecule has 0 unspecified atom stereocenters. The third-order valence-electron chi connectivity index (χ3n) is 2.39. The molecule has 0 radical (unpaired) electrons. The molecule has 5 nitrogen and oxygen atoms in total. The summed E-state index contributed by atoms with van der Waals surface area (Å²) in [5, 5.41) is 10.6. The summed E-state index contributed by atoms with van der Waals surface area (Å²) in [6.45, 7) is 0. The van der Waals surface area contributed by atoms with Gasteiger partial charge in [-0.2, -0.15) is 0 Å². The van der Waals surface area contributed by atoms with Crippen LogP contribution in [-0.2, 0) is 13.5 Å². The van der Waals surface area contributed by atoms with Gasteiger partial charge in [0, 0.05) is 7.05 Å². The number of hydrogen-bond donors (Lipinski definition) is 0. The molecule has 13 heavy (non-hydrogen) atoms. The number of aryl methyl sites for hydroxylation is 1. The number of nitrogens with zero attached hydrogens (tertiary/aromatic N) is 3. The number of nitro groups is 1. The Labute approximate surface area is 75.5 Å². The van der Waals surface area contributed by atoms with E-state index in [2.05, 4.69) is 4.98 Å². The molecule has 1 heterocycles. The van der Waals surface area contributed by atoms with Crippen LogP contribution in [0.25, 0.3) is 0 Å². The number of rotatable bonds is 3. The molecule has 1 aromatic heterocycles. The van der Waals surface area contributed by atoms with Crippen LogP contribution in [0.15, 0.2) is 6.33 Å². The predicted octanol–water partition coefficient (Wildman–Crippen LogP) is 1.28. The molecule has 1 aliphatic rings. The van der Waals surface area contributed by atoms with E-state index in [1.807, 2.05) is 0 Å². The Kier molecular flexibility index (Phi) is 1.79. The highest BCUT2D eigenvalue weighted by atomic mass is 16.6. The van der Waals surface area contributed by atoms with Gasteiger partial charge in [-0.1, -0.05) is 0 Å². The Balaban J connectivity index is 2.27. The van der Waals surface area contributed by atoms with E-state index in [-0.39, 0.29) is 5.82 Å². The van der Waals surface area contributed by atoms with Gasteiger partial charge in [0.1, 0.15) is 5.69 Å². The summed E-state index contributed by atoms with van der Waals surface area (Å²) in [4.78, 5) is 13.9. The highest BCUT2D eigenvalue weighted by Crippen LogP contribution is 2.34. The zero-order valence-electron chi connectivity index (χ0n) is 7.43. The van der Waals surface area contributed by atoms with Crippen molar-refractivity contribution in [1.29, 1.82) is 0 Å². The average Bonchev–Trinajstić information content (AvgIpc) is 2.78. The number of imidazole rings is 1. The molecule has 0 spiro atoms. The summed E-state index contributed by atoms with van der Waals surface area (Å²) in [6.07, 6.45) is 4.70. The minimum Gasteiger partial charge on any atom is -0.358 e. The van der Waals surface area contributed by atoms with Crippen LogP contribution in [0.1, 0.15) is 18.5 Å². The Morgan fingerprint density at radius 2 is 2.46 bits per heavy atom. The maximum atomic E-state index is 10.6. The molecule has 0 aromatic carbocycles. The first-order chi connectivity index (χ1) is 6.18. The van der Waals surface area contributed by atoms with Crippen LogP contribution >= 0.6 is 0 Å². The second kappa shape index (κ2) is 2.83. The van der Waals surface area contributed by atoms with Crippen LogP contribution in [0, 0.1) is 16.0 Å². The average molecular weight is 181 g/mol. The van der Waals surface area contributed by atoms with Gasteiger partial charge in [0.15, 0.2) is 0 Å². The van der Waals surface area contributed by atoms with E-state index < -0.39 is 4.92 Å². The Bertz CT molecular complexity index is 341. The van der Waals surface area contributed by atoms with Crippen LogP contribution < -0.4 is 0 Å². The first kappa shape index (κ1) is 8.22. The zero-order valence-corrected chi connectivity index (χ0v) is 7.43. The minimum absolute atomic E-state index is 0.0226. The Hall–Kier alpha value is -1.39. The van der Waals surface area contributed by atoms with Crippen molar-refractivity contribution in [2.45, 2.75) is 19.3 Å². The van der Waals surface area contributed by atoms with E-state index in [1.165, 1.54) is 19.2 Å². The van der Waals surface area contributed by atoms with Crippen LogP contribution in [0.5, 0.6) is 0 Å². The molecule has 1 aliphatic carbocycles.